The smallest absolute Gasteiger partial charge is 0.296 e. The van der Waals surface area contributed by atoms with E-state index in [0.29, 0.717) is 45.1 Å². The Balaban J connectivity index is 1.44. The van der Waals surface area contributed by atoms with Gasteiger partial charge in [-0.1, -0.05) is 0 Å². The Morgan fingerprint density at radius 3 is 1.89 bits per heavy atom. The number of anilines is 2. The van der Waals surface area contributed by atoms with Crippen LogP contribution in [0.5, 0.6) is 5.75 Å². The molecule has 0 saturated heterocycles. The molecule has 0 spiro atoms. The van der Waals surface area contributed by atoms with Gasteiger partial charge in [-0.25, -0.2) is 0 Å². The third kappa shape index (κ3) is 7.47. The van der Waals surface area contributed by atoms with Crippen LogP contribution in [0.3, 0.4) is 0 Å². The molecule has 5 aromatic carbocycles. The third-order valence-corrected chi connectivity index (χ3v) is 8.67. The standard InChI is InChI=1S/C31H26N6O8S2/c1-17-14-27(18(2)13-26(17)35-34-22-7-10-24(11-8-22)46(40,41)42)36-37-29-28(47(43,44)45)16-20-15-23(9-12-25(20)30(29)38)33-31(39)19-3-5-21(32)6-4-19/h3-16,38H,32H2,1-2H3,(H,33,39)(H,40,41,42)(H,43,44,45). The van der Waals surface area contributed by atoms with E-state index in [4.69, 9.17) is 10.3 Å². The van der Waals surface area contributed by atoms with E-state index in [1.54, 1.807) is 50.2 Å². The van der Waals surface area contributed by atoms with Crippen LogP contribution in [-0.4, -0.2) is 37.0 Å². The number of hydrogen-bond donors (Lipinski definition) is 5. The topological polar surface area (TPSA) is 234 Å². The average Bonchev–Trinajstić information content (AvgIpc) is 3.00. The first kappa shape index (κ1) is 32.8. The molecule has 0 saturated carbocycles. The summed E-state index contributed by atoms with van der Waals surface area (Å²) in [7, 11) is -9.23. The number of carbonyl (C=O) groups excluding carboxylic acids is 1. The monoisotopic (exact) mass is 674 g/mol. The highest BCUT2D eigenvalue weighted by atomic mass is 32.2. The maximum Gasteiger partial charge on any atom is 0.296 e. The number of amides is 1. The zero-order chi connectivity index (χ0) is 34.1. The lowest BCUT2D eigenvalue weighted by atomic mass is 10.1. The summed E-state index contributed by atoms with van der Waals surface area (Å²) in [6.45, 7) is 3.41. The van der Waals surface area contributed by atoms with Crippen LogP contribution in [0.4, 0.5) is 34.1 Å². The van der Waals surface area contributed by atoms with Gasteiger partial charge in [-0.15, -0.1) is 5.11 Å². The van der Waals surface area contributed by atoms with E-state index in [0.717, 1.165) is 6.07 Å². The van der Waals surface area contributed by atoms with Crippen molar-refractivity contribution in [3.8, 4) is 5.75 Å². The molecule has 1 amide bonds. The van der Waals surface area contributed by atoms with Crippen molar-refractivity contribution in [3.05, 3.63) is 102 Å². The van der Waals surface area contributed by atoms with Gasteiger partial charge >= 0.3 is 0 Å². The quantitative estimate of drug-likeness (QED) is 0.0629. The first-order chi connectivity index (χ1) is 22.1. The summed E-state index contributed by atoms with van der Waals surface area (Å²) < 4.78 is 66.3. The number of nitrogens with zero attached hydrogens (tertiary/aromatic N) is 4. The van der Waals surface area contributed by atoms with Gasteiger partial charge in [0.25, 0.3) is 26.1 Å². The maximum atomic E-state index is 12.6. The Kier molecular flexibility index (Phi) is 8.86. The van der Waals surface area contributed by atoms with Crippen molar-refractivity contribution in [1.29, 1.82) is 0 Å². The Morgan fingerprint density at radius 2 is 1.32 bits per heavy atom. The normalized spacial score (nSPS) is 12.3. The molecule has 6 N–H and O–H groups in total. The van der Waals surface area contributed by atoms with Gasteiger partial charge in [-0.3, -0.25) is 13.9 Å². The summed E-state index contributed by atoms with van der Waals surface area (Å²) in [6.07, 6.45) is 0. The van der Waals surface area contributed by atoms with E-state index in [1.165, 1.54) is 42.5 Å². The summed E-state index contributed by atoms with van der Waals surface area (Å²) >= 11 is 0. The number of nitrogens with two attached hydrogens (primary N) is 1. The lowest BCUT2D eigenvalue weighted by molar-refractivity contribution is 0.102. The summed E-state index contributed by atoms with van der Waals surface area (Å²) in [5.41, 5.74) is 8.56. The third-order valence-electron chi connectivity index (χ3n) is 6.94. The predicted octanol–water partition coefficient (Wildman–Crippen LogP) is 7.32. The second kappa shape index (κ2) is 12.7. The summed E-state index contributed by atoms with van der Waals surface area (Å²) in [5.74, 6) is -1.00. The largest absolute Gasteiger partial charge is 0.505 e. The van der Waals surface area contributed by atoms with Crippen LogP contribution in [-0.2, 0) is 20.2 Å². The Morgan fingerprint density at radius 1 is 0.723 bits per heavy atom. The first-order valence-electron chi connectivity index (χ1n) is 13.6. The molecule has 16 heteroatoms. The van der Waals surface area contributed by atoms with E-state index >= 15 is 0 Å². The molecular weight excluding hydrogens is 649 g/mol. The number of benzene rings is 5. The fraction of sp³-hybridized carbons (Fsp3) is 0.0645. The number of rotatable bonds is 8. The number of aromatic hydroxyl groups is 1. The number of carbonyl (C=O) groups is 1. The van der Waals surface area contributed by atoms with E-state index in [9.17, 15) is 31.3 Å². The molecule has 0 aromatic heterocycles. The van der Waals surface area contributed by atoms with Gasteiger partial charge in [0.15, 0.2) is 5.75 Å². The molecular formula is C31H26N6O8S2. The van der Waals surface area contributed by atoms with Crippen molar-refractivity contribution in [3.63, 3.8) is 0 Å². The molecule has 5 rings (SSSR count). The average molecular weight is 675 g/mol. The fourth-order valence-corrected chi connectivity index (χ4v) is 5.60. The van der Waals surface area contributed by atoms with Crippen LogP contribution < -0.4 is 11.1 Å². The molecule has 0 atom stereocenters. The number of phenols is 1. The molecule has 47 heavy (non-hydrogen) atoms. The van der Waals surface area contributed by atoms with Crippen LogP contribution in [0.2, 0.25) is 0 Å². The van der Waals surface area contributed by atoms with Gasteiger partial charge in [0.05, 0.1) is 22.0 Å². The fourth-order valence-electron chi connectivity index (χ4n) is 4.46. The minimum absolute atomic E-state index is 0.185. The van der Waals surface area contributed by atoms with Gasteiger partial charge in [-0.2, -0.15) is 32.2 Å². The van der Waals surface area contributed by atoms with E-state index in [-0.39, 0.29) is 15.7 Å². The van der Waals surface area contributed by atoms with Crippen LogP contribution in [0.1, 0.15) is 21.5 Å². The number of nitrogens with one attached hydrogen (secondary N) is 1. The Bertz CT molecular complexity index is 2320. The number of nitrogen functional groups attached to an aromatic ring is 1. The molecule has 0 fully saturated rings. The molecule has 0 aliphatic rings. The van der Waals surface area contributed by atoms with Crippen molar-refractivity contribution in [2.45, 2.75) is 23.6 Å². The highest BCUT2D eigenvalue weighted by molar-refractivity contribution is 7.86. The van der Waals surface area contributed by atoms with E-state index in [2.05, 4.69) is 25.8 Å². The SMILES string of the molecule is Cc1cc(N=Nc2c(S(=O)(=O)O)cc3cc(NC(=O)c4ccc(N)cc4)ccc3c2O)c(C)cc1N=Nc1ccc(S(=O)(=O)O)cc1. The van der Waals surface area contributed by atoms with Crippen LogP contribution in [0.25, 0.3) is 10.8 Å². The van der Waals surface area contributed by atoms with Crippen molar-refractivity contribution >= 4 is 71.0 Å². The van der Waals surface area contributed by atoms with Gasteiger partial charge in [0.2, 0.25) is 0 Å². The van der Waals surface area contributed by atoms with Crippen molar-refractivity contribution in [2.24, 2.45) is 20.5 Å². The maximum absolute atomic E-state index is 12.6. The molecule has 0 unspecified atom stereocenters. The number of aryl methyl sites for hydroxylation is 2. The lowest BCUT2D eigenvalue weighted by Crippen LogP contribution is -2.11. The number of fused-ring (bicyclic) bond motifs is 1. The van der Waals surface area contributed by atoms with E-state index < -0.39 is 42.5 Å². The van der Waals surface area contributed by atoms with Gasteiger partial charge in [-0.05, 0) is 115 Å². The zero-order valence-electron chi connectivity index (χ0n) is 24.6. The minimum Gasteiger partial charge on any atom is -0.505 e. The van der Waals surface area contributed by atoms with Crippen molar-refractivity contribution < 1.29 is 35.8 Å². The molecule has 0 radical (unpaired) electrons. The first-order valence-corrected chi connectivity index (χ1v) is 16.4. The summed E-state index contributed by atoms with van der Waals surface area (Å²) in [5, 5.41) is 30.5. The predicted molar refractivity (Wildman–Crippen MR) is 175 cm³/mol. The molecule has 14 nitrogen and oxygen atoms in total. The number of azo groups is 2. The van der Waals surface area contributed by atoms with E-state index in [1.807, 2.05) is 0 Å². The highest BCUT2D eigenvalue weighted by Gasteiger charge is 2.22. The van der Waals surface area contributed by atoms with Crippen LogP contribution >= 0.6 is 0 Å². The molecule has 240 valence electrons. The Hall–Kier alpha value is -5.55. The zero-order valence-corrected chi connectivity index (χ0v) is 26.3. The molecule has 5 aromatic rings. The second-order valence-corrected chi connectivity index (χ2v) is 13.2. The van der Waals surface area contributed by atoms with Crippen LogP contribution in [0, 0.1) is 13.8 Å². The van der Waals surface area contributed by atoms with Gasteiger partial charge in [0.1, 0.15) is 10.6 Å². The molecule has 0 bridgehead atoms. The Labute approximate surface area is 268 Å². The highest BCUT2D eigenvalue weighted by Crippen LogP contribution is 2.42. The van der Waals surface area contributed by atoms with Gasteiger partial charge in [0, 0.05) is 22.3 Å². The second-order valence-electron chi connectivity index (χ2n) is 10.4. The molecule has 0 aliphatic carbocycles. The van der Waals surface area contributed by atoms with Crippen LogP contribution in [0.15, 0.2) is 115 Å². The molecule has 0 aliphatic heterocycles. The summed E-state index contributed by atoms with van der Waals surface area (Å²) in [4.78, 5) is 11.7. The number of hydrogen-bond acceptors (Lipinski definition) is 11. The van der Waals surface area contributed by atoms with Gasteiger partial charge < -0.3 is 16.2 Å². The summed E-state index contributed by atoms with van der Waals surface area (Å²) in [6, 6.07) is 20.1. The molecule has 0 heterocycles. The van der Waals surface area contributed by atoms with Crippen molar-refractivity contribution in [2.75, 3.05) is 11.1 Å². The number of phenolic OH excluding ortho intramolecular Hbond substituents is 1. The minimum atomic E-state index is -4.89. The lowest BCUT2D eigenvalue weighted by Gasteiger charge is -2.11. The van der Waals surface area contributed by atoms with Crippen molar-refractivity contribution in [1.82, 2.24) is 0 Å².